The Labute approximate surface area is 206 Å². The van der Waals surface area contributed by atoms with Crippen molar-refractivity contribution < 1.29 is 13.2 Å². The number of aryl methyl sites for hydroxylation is 1. The van der Waals surface area contributed by atoms with Gasteiger partial charge in [0.2, 0.25) is 5.95 Å². The van der Waals surface area contributed by atoms with Gasteiger partial charge in [0.1, 0.15) is 0 Å². The third-order valence-electron chi connectivity index (χ3n) is 6.02. The van der Waals surface area contributed by atoms with Crippen LogP contribution in [0.1, 0.15) is 48.5 Å². The van der Waals surface area contributed by atoms with Crippen LogP contribution in [0.2, 0.25) is 0 Å². The smallest absolute Gasteiger partial charge is 0.261 e. The Morgan fingerprint density at radius 2 is 1.86 bits per heavy atom. The number of hydrogen-bond donors (Lipinski definition) is 2. The first kappa shape index (κ1) is 24.7. The summed E-state index contributed by atoms with van der Waals surface area (Å²) in [5, 5.41) is 3.03. The van der Waals surface area contributed by atoms with Gasteiger partial charge in [-0.25, -0.2) is 18.4 Å². The molecule has 0 saturated carbocycles. The molecule has 0 aliphatic carbocycles. The molecule has 1 aromatic heterocycles. The van der Waals surface area contributed by atoms with Crippen LogP contribution in [-0.4, -0.2) is 43.4 Å². The van der Waals surface area contributed by atoms with Crippen molar-refractivity contribution in [1.82, 2.24) is 15.3 Å². The summed E-state index contributed by atoms with van der Waals surface area (Å²) >= 11 is 0. The van der Waals surface area contributed by atoms with Gasteiger partial charge in [0, 0.05) is 42.8 Å². The first-order valence-corrected chi connectivity index (χ1v) is 13.5. The van der Waals surface area contributed by atoms with E-state index in [0.717, 1.165) is 38.6 Å². The molecule has 2 heterocycles. The summed E-state index contributed by atoms with van der Waals surface area (Å²) in [7, 11) is -3.83. The fourth-order valence-corrected chi connectivity index (χ4v) is 5.24. The van der Waals surface area contributed by atoms with Crippen LogP contribution in [0.3, 0.4) is 0 Å². The molecule has 1 atom stereocenters. The Kier molecular flexibility index (Phi) is 7.97. The van der Waals surface area contributed by atoms with Gasteiger partial charge in [-0.05, 0) is 67.6 Å². The SMILES string of the molecule is CCCCc1ccc(NS(=O)(=O)c2cccc(C(=O)NC3CCCN(c4ncccn4)C3)c2)cc1. The van der Waals surface area contributed by atoms with E-state index in [4.69, 9.17) is 0 Å². The summed E-state index contributed by atoms with van der Waals surface area (Å²) in [5.41, 5.74) is 1.97. The third kappa shape index (κ3) is 6.57. The number of benzene rings is 2. The minimum atomic E-state index is -3.83. The maximum absolute atomic E-state index is 13.0. The molecular formula is C26H31N5O3S. The molecule has 1 amide bonds. The number of aromatic nitrogens is 2. The Balaban J connectivity index is 1.40. The van der Waals surface area contributed by atoms with Gasteiger partial charge in [0.15, 0.2) is 0 Å². The highest BCUT2D eigenvalue weighted by molar-refractivity contribution is 7.92. The highest BCUT2D eigenvalue weighted by atomic mass is 32.2. The van der Waals surface area contributed by atoms with Crippen LogP contribution in [0, 0.1) is 0 Å². The molecule has 2 aromatic carbocycles. The maximum Gasteiger partial charge on any atom is 0.261 e. The second-order valence-electron chi connectivity index (χ2n) is 8.74. The van der Waals surface area contributed by atoms with Crippen LogP contribution < -0.4 is 14.9 Å². The van der Waals surface area contributed by atoms with E-state index in [-0.39, 0.29) is 16.8 Å². The van der Waals surface area contributed by atoms with E-state index in [2.05, 4.69) is 26.9 Å². The minimum absolute atomic E-state index is 0.0446. The number of hydrogen-bond acceptors (Lipinski definition) is 6. The standard InChI is InChI=1S/C26H31N5O3S/c1-2-3-7-20-11-13-22(14-12-20)30-35(33,34)24-10-4-8-21(18-24)25(32)29-23-9-5-17-31(19-23)26-27-15-6-16-28-26/h4,6,8,10-16,18,23,30H,2-3,5,7,9,17,19H2,1H3,(H,29,32). The van der Waals surface area contributed by atoms with Crippen molar-refractivity contribution >= 4 is 27.6 Å². The zero-order chi connectivity index (χ0) is 24.7. The van der Waals surface area contributed by atoms with Gasteiger partial charge in [-0.15, -0.1) is 0 Å². The zero-order valence-electron chi connectivity index (χ0n) is 19.9. The van der Waals surface area contributed by atoms with E-state index in [1.165, 1.54) is 17.7 Å². The predicted molar refractivity (Wildman–Crippen MR) is 137 cm³/mol. The maximum atomic E-state index is 13.0. The van der Waals surface area contributed by atoms with Crippen molar-refractivity contribution in [3.8, 4) is 0 Å². The topological polar surface area (TPSA) is 104 Å². The molecule has 1 saturated heterocycles. The fraction of sp³-hybridized carbons (Fsp3) is 0.346. The molecule has 35 heavy (non-hydrogen) atoms. The third-order valence-corrected chi connectivity index (χ3v) is 7.40. The van der Waals surface area contributed by atoms with E-state index in [1.807, 2.05) is 17.0 Å². The van der Waals surface area contributed by atoms with Crippen molar-refractivity contribution in [3.05, 3.63) is 78.1 Å². The second kappa shape index (κ2) is 11.3. The first-order chi connectivity index (χ1) is 16.9. The van der Waals surface area contributed by atoms with Gasteiger partial charge in [-0.1, -0.05) is 31.5 Å². The lowest BCUT2D eigenvalue weighted by atomic mass is 10.1. The van der Waals surface area contributed by atoms with Crippen LogP contribution in [0.15, 0.2) is 71.9 Å². The number of amides is 1. The lowest BCUT2D eigenvalue weighted by Gasteiger charge is -2.33. The summed E-state index contributed by atoms with van der Waals surface area (Å²) in [6.45, 7) is 3.57. The Hall–Kier alpha value is -3.46. The zero-order valence-corrected chi connectivity index (χ0v) is 20.7. The van der Waals surface area contributed by atoms with Crippen LogP contribution in [-0.2, 0) is 16.4 Å². The van der Waals surface area contributed by atoms with Crippen molar-refractivity contribution in [3.63, 3.8) is 0 Å². The van der Waals surface area contributed by atoms with Gasteiger partial charge in [-0.2, -0.15) is 0 Å². The molecule has 9 heteroatoms. The molecule has 184 valence electrons. The van der Waals surface area contributed by atoms with Crippen molar-refractivity contribution in [2.24, 2.45) is 0 Å². The molecule has 1 unspecified atom stereocenters. The number of nitrogens with zero attached hydrogens (tertiary/aromatic N) is 3. The fourth-order valence-electron chi connectivity index (χ4n) is 4.14. The summed E-state index contributed by atoms with van der Waals surface area (Å²) in [4.78, 5) is 23.6. The van der Waals surface area contributed by atoms with E-state index in [9.17, 15) is 13.2 Å². The average molecular weight is 494 g/mol. The van der Waals surface area contributed by atoms with E-state index >= 15 is 0 Å². The van der Waals surface area contributed by atoms with E-state index < -0.39 is 10.0 Å². The molecule has 1 aliphatic rings. The van der Waals surface area contributed by atoms with Crippen molar-refractivity contribution in [2.75, 3.05) is 22.7 Å². The number of unbranched alkanes of at least 4 members (excludes halogenated alkanes) is 1. The van der Waals surface area contributed by atoms with E-state index in [1.54, 1.807) is 42.7 Å². The lowest BCUT2D eigenvalue weighted by molar-refractivity contribution is 0.0933. The van der Waals surface area contributed by atoms with Gasteiger partial charge in [-0.3, -0.25) is 9.52 Å². The molecule has 3 aromatic rings. The van der Waals surface area contributed by atoms with Gasteiger partial charge < -0.3 is 10.2 Å². The van der Waals surface area contributed by atoms with Crippen molar-refractivity contribution in [2.45, 2.75) is 50.0 Å². The number of carbonyl (C=O) groups excluding carboxylic acids is 1. The number of piperidine rings is 1. The monoisotopic (exact) mass is 493 g/mol. The van der Waals surface area contributed by atoms with Crippen LogP contribution >= 0.6 is 0 Å². The summed E-state index contributed by atoms with van der Waals surface area (Å²) in [6, 6.07) is 15.2. The Morgan fingerprint density at radius 3 is 2.60 bits per heavy atom. The first-order valence-electron chi connectivity index (χ1n) is 12.0. The van der Waals surface area contributed by atoms with Gasteiger partial charge in [0.05, 0.1) is 4.90 Å². The lowest BCUT2D eigenvalue weighted by Crippen LogP contribution is -2.48. The van der Waals surface area contributed by atoms with Crippen LogP contribution in [0.4, 0.5) is 11.6 Å². The molecule has 1 aliphatic heterocycles. The molecule has 0 spiro atoms. The quantitative estimate of drug-likeness (QED) is 0.467. The van der Waals surface area contributed by atoms with E-state index in [0.29, 0.717) is 23.7 Å². The Morgan fingerprint density at radius 1 is 1.09 bits per heavy atom. The summed E-state index contributed by atoms with van der Waals surface area (Å²) < 4.78 is 28.5. The van der Waals surface area contributed by atoms with Gasteiger partial charge >= 0.3 is 0 Å². The predicted octanol–water partition coefficient (Wildman–Crippen LogP) is 4.02. The summed E-state index contributed by atoms with van der Waals surface area (Å²) in [6.07, 6.45) is 8.31. The average Bonchev–Trinajstić information content (AvgIpc) is 2.89. The molecule has 0 radical (unpaired) electrons. The highest BCUT2D eigenvalue weighted by Crippen LogP contribution is 2.20. The Bertz CT molecular complexity index is 1230. The molecule has 2 N–H and O–H groups in total. The number of nitrogens with one attached hydrogen (secondary N) is 2. The number of carbonyl (C=O) groups is 1. The number of anilines is 2. The molecule has 0 bridgehead atoms. The largest absolute Gasteiger partial charge is 0.348 e. The number of sulfonamides is 1. The second-order valence-corrected chi connectivity index (χ2v) is 10.4. The normalized spacial score (nSPS) is 16.0. The van der Waals surface area contributed by atoms with Crippen LogP contribution in [0.5, 0.6) is 0 Å². The molecule has 8 nitrogen and oxygen atoms in total. The van der Waals surface area contributed by atoms with Crippen molar-refractivity contribution in [1.29, 1.82) is 0 Å². The minimum Gasteiger partial charge on any atom is -0.348 e. The van der Waals surface area contributed by atoms with Crippen LogP contribution in [0.25, 0.3) is 0 Å². The molecule has 1 fully saturated rings. The summed E-state index contributed by atoms with van der Waals surface area (Å²) in [5.74, 6) is 0.340. The number of rotatable bonds is 9. The molecule has 4 rings (SSSR count). The molecular weight excluding hydrogens is 462 g/mol. The highest BCUT2D eigenvalue weighted by Gasteiger charge is 2.24. The van der Waals surface area contributed by atoms with Gasteiger partial charge in [0.25, 0.3) is 15.9 Å².